The predicted molar refractivity (Wildman–Crippen MR) is 77.4 cm³/mol. The van der Waals surface area contributed by atoms with E-state index in [9.17, 15) is 9.59 Å². The predicted octanol–water partition coefficient (Wildman–Crippen LogP) is 2.55. The van der Waals surface area contributed by atoms with Crippen molar-refractivity contribution >= 4 is 12.0 Å². The van der Waals surface area contributed by atoms with Crippen molar-refractivity contribution in [3.63, 3.8) is 0 Å². The Bertz CT molecular complexity index is 448. The molecule has 0 heterocycles. The minimum absolute atomic E-state index is 0.120. The van der Waals surface area contributed by atoms with Crippen molar-refractivity contribution in [2.75, 3.05) is 0 Å². The fraction of sp³-hybridized carbons (Fsp3) is 0.467. The normalized spacial score (nSPS) is 14.9. The van der Waals surface area contributed by atoms with E-state index in [0.717, 1.165) is 5.56 Å². The highest BCUT2D eigenvalue weighted by Gasteiger charge is 2.25. The van der Waals surface area contributed by atoms with Crippen LogP contribution in [0.2, 0.25) is 0 Å². The first-order valence-corrected chi connectivity index (χ1v) is 6.80. The largest absolute Gasteiger partial charge is 0.480 e. The lowest BCUT2D eigenvalue weighted by Crippen LogP contribution is -2.49. The number of amides is 2. The van der Waals surface area contributed by atoms with Crippen LogP contribution in [-0.2, 0) is 4.79 Å². The first-order chi connectivity index (χ1) is 9.45. The van der Waals surface area contributed by atoms with Gasteiger partial charge in [0.25, 0.3) is 0 Å². The van der Waals surface area contributed by atoms with Gasteiger partial charge >= 0.3 is 12.0 Å². The summed E-state index contributed by atoms with van der Waals surface area (Å²) in [6.07, 6.45) is 0.686. The van der Waals surface area contributed by atoms with Crippen LogP contribution in [0.4, 0.5) is 4.79 Å². The van der Waals surface area contributed by atoms with Crippen molar-refractivity contribution in [3.8, 4) is 0 Å². The maximum atomic E-state index is 11.9. The summed E-state index contributed by atoms with van der Waals surface area (Å²) >= 11 is 0. The van der Waals surface area contributed by atoms with Crippen molar-refractivity contribution < 1.29 is 14.7 Å². The number of rotatable bonds is 6. The molecule has 20 heavy (non-hydrogen) atoms. The van der Waals surface area contributed by atoms with Gasteiger partial charge in [-0.1, -0.05) is 50.6 Å². The summed E-state index contributed by atoms with van der Waals surface area (Å²) in [5.41, 5.74) is 0.970. The molecule has 0 saturated heterocycles. The van der Waals surface area contributed by atoms with Gasteiger partial charge in [-0.15, -0.1) is 0 Å². The molecule has 2 amide bonds. The number of aliphatic carboxylic acids is 1. The topological polar surface area (TPSA) is 78.4 Å². The molecule has 0 aliphatic rings. The van der Waals surface area contributed by atoms with Gasteiger partial charge in [-0.3, -0.25) is 0 Å². The van der Waals surface area contributed by atoms with Crippen LogP contribution in [0.1, 0.15) is 38.8 Å². The zero-order valence-electron chi connectivity index (χ0n) is 12.1. The maximum Gasteiger partial charge on any atom is 0.326 e. The Morgan fingerprint density at radius 3 is 2.25 bits per heavy atom. The minimum atomic E-state index is -1.01. The highest BCUT2D eigenvalue weighted by atomic mass is 16.4. The summed E-state index contributed by atoms with van der Waals surface area (Å²) in [6, 6.07) is 8.00. The second-order valence-electron chi connectivity index (χ2n) is 4.95. The first kappa shape index (κ1) is 16.0. The third-order valence-electron chi connectivity index (χ3n) is 3.41. The fourth-order valence-electron chi connectivity index (χ4n) is 1.89. The SMILES string of the molecule is CC[C@@H](C)[C@H](NC(=O)N[C@H](C)c1ccccc1)C(=O)O. The number of benzene rings is 1. The van der Waals surface area contributed by atoms with Gasteiger partial charge in [0, 0.05) is 0 Å². The van der Waals surface area contributed by atoms with Crippen LogP contribution >= 0.6 is 0 Å². The zero-order valence-corrected chi connectivity index (χ0v) is 12.1. The van der Waals surface area contributed by atoms with Gasteiger partial charge in [-0.25, -0.2) is 9.59 Å². The van der Waals surface area contributed by atoms with Gasteiger partial charge in [-0.2, -0.15) is 0 Å². The quantitative estimate of drug-likeness (QED) is 0.748. The summed E-state index contributed by atoms with van der Waals surface area (Å²) in [4.78, 5) is 23.0. The number of nitrogens with one attached hydrogen (secondary N) is 2. The van der Waals surface area contributed by atoms with E-state index in [0.29, 0.717) is 6.42 Å². The van der Waals surface area contributed by atoms with Gasteiger partial charge in [0.05, 0.1) is 6.04 Å². The molecule has 0 aliphatic carbocycles. The lowest BCUT2D eigenvalue weighted by atomic mass is 9.99. The molecule has 0 unspecified atom stereocenters. The Kier molecular flexibility index (Phi) is 6.03. The second kappa shape index (κ2) is 7.53. The summed E-state index contributed by atoms with van der Waals surface area (Å²) in [5, 5.41) is 14.4. The van der Waals surface area contributed by atoms with Crippen molar-refractivity contribution in [1.82, 2.24) is 10.6 Å². The summed E-state index contributed by atoms with van der Waals surface area (Å²) < 4.78 is 0. The second-order valence-corrected chi connectivity index (χ2v) is 4.95. The van der Waals surface area contributed by atoms with Crippen LogP contribution in [0.25, 0.3) is 0 Å². The number of hydrogen-bond donors (Lipinski definition) is 3. The third-order valence-corrected chi connectivity index (χ3v) is 3.41. The Hall–Kier alpha value is -2.04. The molecule has 5 heteroatoms. The van der Waals surface area contributed by atoms with Gasteiger partial charge in [0.15, 0.2) is 0 Å². The van der Waals surface area contributed by atoms with Crippen molar-refractivity contribution in [2.45, 2.75) is 39.3 Å². The average molecular weight is 278 g/mol. The van der Waals surface area contributed by atoms with Crippen LogP contribution in [0.15, 0.2) is 30.3 Å². The summed E-state index contributed by atoms with van der Waals surface area (Å²) in [5.74, 6) is -1.13. The van der Waals surface area contributed by atoms with E-state index in [1.165, 1.54) is 0 Å². The van der Waals surface area contributed by atoms with Crippen LogP contribution in [0.5, 0.6) is 0 Å². The number of carbonyl (C=O) groups excluding carboxylic acids is 1. The van der Waals surface area contributed by atoms with E-state index in [2.05, 4.69) is 10.6 Å². The molecule has 3 atom stereocenters. The standard InChI is InChI=1S/C15H22N2O3/c1-4-10(2)13(14(18)19)17-15(20)16-11(3)12-8-6-5-7-9-12/h5-11,13H,4H2,1-3H3,(H,18,19)(H2,16,17,20)/t10-,11-,13+/m1/s1. The Morgan fingerprint density at radius 1 is 1.15 bits per heavy atom. The van der Waals surface area contributed by atoms with E-state index in [1.54, 1.807) is 6.92 Å². The highest BCUT2D eigenvalue weighted by Crippen LogP contribution is 2.12. The molecule has 1 aromatic carbocycles. The van der Waals surface area contributed by atoms with E-state index in [1.807, 2.05) is 44.2 Å². The lowest BCUT2D eigenvalue weighted by molar-refractivity contribution is -0.140. The minimum Gasteiger partial charge on any atom is -0.480 e. The number of carbonyl (C=O) groups is 2. The average Bonchev–Trinajstić information content (AvgIpc) is 2.44. The molecule has 110 valence electrons. The number of carboxylic acid groups (broad SMARTS) is 1. The van der Waals surface area contributed by atoms with E-state index in [-0.39, 0.29) is 12.0 Å². The van der Waals surface area contributed by atoms with E-state index in [4.69, 9.17) is 5.11 Å². The lowest BCUT2D eigenvalue weighted by Gasteiger charge is -2.22. The smallest absolute Gasteiger partial charge is 0.326 e. The molecule has 5 nitrogen and oxygen atoms in total. The van der Waals surface area contributed by atoms with Crippen molar-refractivity contribution in [3.05, 3.63) is 35.9 Å². The summed E-state index contributed by atoms with van der Waals surface area (Å²) in [7, 11) is 0. The van der Waals surface area contributed by atoms with Gasteiger partial charge in [-0.05, 0) is 18.4 Å². The van der Waals surface area contributed by atoms with Crippen LogP contribution < -0.4 is 10.6 Å². The summed E-state index contributed by atoms with van der Waals surface area (Å²) in [6.45, 7) is 5.56. The van der Waals surface area contributed by atoms with Crippen LogP contribution in [-0.4, -0.2) is 23.1 Å². The fourth-order valence-corrected chi connectivity index (χ4v) is 1.89. The van der Waals surface area contributed by atoms with Crippen LogP contribution in [0.3, 0.4) is 0 Å². The molecule has 0 aromatic heterocycles. The number of hydrogen-bond acceptors (Lipinski definition) is 2. The molecule has 0 radical (unpaired) electrons. The molecular formula is C15H22N2O3. The molecule has 0 aliphatic heterocycles. The maximum absolute atomic E-state index is 11.9. The highest BCUT2D eigenvalue weighted by molar-refractivity contribution is 5.82. The molecule has 0 bridgehead atoms. The molecule has 1 aromatic rings. The monoisotopic (exact) mass is 278 g/mol. The number of urea groups is 1. The van der Waals surface area contributed by atoms with E-state index < -0.39 is 18.0 Å². The van der Waals surface area contributed by atoms with Gasteiger partial charge in [0.1, 0.15) is 6.04 Å². The Morgan fingerprint density at radius 2 is 1.75 bits per heavy atom. The molecule has 0 fully saturated rings. The molecule has 1 rings (SSSR count). The van der Waals surface area contributed by atoms with E-state index >= 15 is 0 Å². The third kappa shape index (κ3) is 4.57. The van der Waals surface area contributed by atoms with Crippen molar-refractivity contribution in [2.24, 2.45) is 5.92 Å². The molecular weight excluding hydrogens is 256 g/mol. The first-order valence-electron chi connectivity index (χ1n) is 6.80. The molecule has 0 spiro atoms. The van der Waals surface area contributed by atoms with Gasteiger partial charge in [0.2, 0.25) is 0 Å². The van der Waals surface area contributed by atoms with Gasteiger partial charge < -0.3 is 15.7 Å². The van der Waals surface area contributed by atoms with Crippen molar-refractivity contribution in [1.29, 1.82) is 0 Å². The zero-order chi connectivity index (χ0) is 15.1. The Labute approximate surface area is 119 Å². The molecule has 3 N–H and O–H groups in total. The Balaban J connectivity index is 2.60. The van der Waals surface area contributed by atoms with Crippen LogP contribution in [0, 0.1) is 5.92 Å². The molecule has 0 saturated carbocycles. The number of carboxylic acids is 1.